The lowest BCUT2D eigenvalue weighted by atomic mass is 9.81. The molecule has 43 heavy (non-hydrogen) atoms. The van der Waals surface area contributed by atoms with Gasteiger partial charge in [-0.3, -0.25) is 14.5 Å². The van der Waals surface area contributed by atoms with Crippen molar-refractivity contribution in [3.63, 3.8) is 0 Å². The molecule has 230 valence electrons. The Morgan fingerprint density at radius 3 is 2.53 bits per heavy atom. The first kappa shape index (κ1) is 30.8. The molecule has 1 saturated heterocycles. The van der Waals surface area contributed by atoms with Gasteiger partial charge < -0.3 is 25.2 Å². The van der Waals surface area contributed by atoms with Gasteiger partial charge in [-0.15, -0.1) is 0 Å². The van der Waals surface area contributed by atoms with Crippen molar-refractivity contribution in [2.45, 2.75) is 70.6 Å². The molecule has 4 atom stereocenters. The largest absolute Gasteiger partial charge is 0.497 e. The Balaban J connectivity index is 1.37. The highest BCUT2D eigenvalue weighted by atomic mass is 16.5. The number of nitrogens with two attached hydrogens (primary N) is 1. The van der Waals surface area contributed by atoms with E-state index in [2.05, 4.69) is 51.8 Å². The number of benzene rings is 2. The van der Waals surface area contributed by atoms with Crippen molar-refractivity contribution in [1.29, 1.82) is 0 Å². The van der Waals surface area contributed by atoms with Gasteiger partial charge in [0.1, 0.15) is 17.6 Å². The normalized spacial score (nSPS) is 22.4. The standard InChI is InChI=1S/C34H45N5O4/c1-24-16-31(37-43-24)34(41)39-15-14-29(19-32(39)33(40)36-21-27-11-6-10-26(17-27)20-35)38(22-25-8-4-3-5-9-25)23-28-12-7-13-30(18-28)42-2/h3-5,7-9,12-13,16,18,26-27,29,32H,6,10-11,14-15,17,19-23,35H2,1-2H3,(H,36,40)/t26?,27?,29?,32-/m1/s1. The molecule has 2 amide bonds. The van der Waals surface area contributed by atoms with Crippen LogP contribution in [-0.2, 0) is 17.9 Å². The van der Waals surface area contributed by atoms with Gasteiger partial charge >= 0.3 is 0 Å². The first-order chi connectivity index (χ1) is 20.9. The molecular formula is C34H45N5O4. The fraction of sp³-hybridized carbons (Fsp3) is 0.500. The lowest BCUT2D eigenvalue weighted by molar-refractivity contribution is -0.128. The minimum Gasteiger partial charge on any atom is -0.497 e. The van der Waals surface area contributed by atoms with Crippen molar-refractivity contribution in [3.8, 4) is 5.75 Å². The fourth-order valence-electron chi connectivity index (χ4n) is 6.69. The highest BCUT2D eigenvalue weighted by molar-refractivity contribution is 5.96. The molecule has 0 spiro atoms. The Kier molecular flexibility index (Phi) is 10.5. The zero-order valence-corrected chi connectivity index (χ0v) is 25.4. The van der Waals surface area contributed by atoms with Gasteiger partial charge in [0, 0.05) is 38.3 Å². The number of nitrogens with one attached hydrogen (secondary N) is 1. The van der Waals surface area contributed by atoms with Crippen LogP contribution in [0.5, 0.6) is 5.75 Å². The number of piperidine rings is 1. The lowest BCUT2D eigenvalue weighted by Gasteiger charge is -2.43. The third kappa shape index (κ3) is 8.03. The van der Waals surface area contributed by atoms with Crippen molar-refractivity contribution in [2.24, 2.45) is 17.6 Å². The number of likely N-dealkylation sites (tertiary alicyclic amines) is 1. The second kappa shape index (κ2) is 14.7. The second-order valence-electron chi connectivity index (χ2n) is 12.1. The number of ether oxygens (including phenoxy) is 1. The number of hydrogen-bond acceptors (Lipinski definition) is 7. The molecule has 1 aliphatic heterocycles. The Bertz CT molecular complexity index is 1350. The van der Waals surface area contributed by atoms with E-state index in [4.69, 9.17) is 15.0 Å². The Morgan fingerprint density at radius 1 is 1.02 bits per heavy atom. The number of rotatable bonds is 11. The van der Waals surface area contributed by atoms with Gasteiger partial charge in [0.05, 0.1) is 7.11 Å². The topological polar surface area (TPSA) is 114 Å². The summed E-state index contributed by atoms with van der Waals surface area (Å²) in [7, 11) is 1.68. The minimum absolute atomic E-state index is 0.0848. The molecule has 2 heterocycles. The number of nitrogens with zero attached hydrogens (tertiary/aromatic N) is 3. The number of carbonyl (C=O) groups is 2. The van der Waals surface area contributed by atoms with Gasteiger partial charge in [-0.25, -0.2) is 0 Å². The van der Waals surface area contributed by atoms with Gasteiger partial charge in [0.25, 0.3) is 5.91 Å². The lowest BCUT2D eigenvalue weighted by Crippen LogP contribution is -2.57. The third-order valence-electron chi connectivity index (χ3n) is 9.04. The van der Waals surface area contributed by atoms with Gasteiger partial charge in [-0.05, 0) is 80.7 Å². The molecule has 5 rings (SSSR count). The number of methoxy groups -OCH3 is 1. The van der Waals surface area contributed by atoms with Crippen molar-refractivity contribution >= 4 is 11.8 Å². The summed E-state index contributed by atoms with van der Waals surface area (Å²) in [6, 6.07) is 19.6. The van der Waals surface area contributed by atoms with Gasteiger partial charge in [-0.1, -0.05) is 54.0 Å². The summed E-state index contributed by atoms with van der Waals surface area (Å²) in [5.74, 6) is 1.95. The summed E-state index contributed by atoms with van der Waals surface area (Å²) in [6.07, 6.45) is 5.70. The number of amides is 2. The summed E-state index contributed by atoms with van der Waals surface area (Å²) in [5.41, 5.74) is 8.54. The Labute approximate surface area is 254 Å². The first-order valence-corrected chi connectivity index (χ1v) is 15.6. The second-order valence-corrected chi connectivity index (χ2v) is 12.1. The van der Waals surface area contributed by atoms with E-state index in [0.717, 1.165) is 50.0 Å². The van der Waals surface area contributed by atoms with Crippen molar-refractivity contribution in [1.82, 2.24) is 20.3 Å². The van der Waals surface area contributed by atoms with E-state index in [1.807, 2.05) is 18.2 Å². The molecule has 3 aromatic rings. The monoisotopic (exact) mass is 587 g/mol. The maximum atomic E-state index is 13.9. The van der Waals surface area contributed by atoms with Crippen molar-refractivity contribution in [3.05, 3.63) is 83.2 Å². The average molecular weight is 588 g/mol. The van der Waals surface area contributed by atoms with Gasteiger partial charge in [-0.2, -0.15) is 0 Å². The fourth-order valence-corrected chi connectivity index (χ4v) is 6.69. The molecule has 0 bridgehead atoms. The molecule has 3 N–H and O–H groups in total. The Hall–Kier alpha value is -3.69. The molecule has 0 radical (unpaired) electrons. The van der Waals surface area contributed by atoms with Crippen LogP contribution >= 0.6 is 0 Å². The summed E-state index contributed by atoms with van der Waals surface area (Å²) in [4.78, 5) is 31.7. The smallest absolute Gasteiger partial charge is 0.276 e. The highest BCUT2D eigenvalue weighted by Crippen LogP contribution is 2.30. The van der Waals surface area contributed by atoms with Crippen molar-refractivity contribution < 1.29 is 18.8 Å². The van der Waals surface area contributed by atoms with Crippen LogP contribution in [0.2, 0.25) is 0 Å². The number of aromatic nitrogens is 1. The van der Waals surface area contributed by atoms with Gasteiger partial charge in [0.15, 0.2) is 5.69 Å². The van der Waals surface area contributed by atoms with Crippen LogP contribution in [0.3, 0.4) is 0 Å². The predicted octanol–water partition coefficient (Wildman–Crippen LogP) is 4.55. The molecule has 2 aromatic carbocycles. The molecule has 1 aromatic heterocycles. The molecule has 1 saturated carbocycles. The van der Waals surface area contributed by atoms with Crippen LogP contribution in [0, 0.1) is 18.8 Å². The van der Waals surface area contributed by atoms with E-state index < -0.39 is 6.04 Å². The zero-order valence-electron chi connectivity index (χ0n) is 25.4. The van der Waals surface area contributed by atoms with Gasteiger partial charge in [0.2, 0.25) is 5.91 Å². The quantitative estimate of drug-likeness (QED) is 0.338. The van der Waals surface area contributed by atoms with Crippen LogP contribution in [0.15, 0.2) is 65.2 Å². The van der Waals surface area contributed by atoms with Crippen LogP contribution < -0.4 is 15.8 Å². The Morgan fingerprint density at radius 2 is 1.79 bits per heavy atom. The number of hydrogen-bond donors (Lipinski definition) is 2. The zero-order chi connectivity index (χ0) is 30.2. The van der Waals surface area contributed by atoms with Crippen LogP contribution in [0.4, 0.5) is 0 Å². The average Bonchev–Trinajstić information content (AvgIpc) is 3.49. The van der Waals surface area contributed by atoms with E-state index in [-0.39, 0.29) is 23.6 Å². The maximum Gasteiger partial charge on any atom is 0.276 e. The van der Waals surface area contributed by atoms with E-state index in [1.165, 1.54) is 5.56 Å². The third-order valence-corrected chi connectivity index (χ3v) is 9.04. The molecular weight excluding hydrogens is 542 g/mol. The van der Waals surface area contributed by atoms with Crippen LogP contribution in [-0.4, -0.2) is 65.6 Å². The summed E-state index contributed by atoms with van der Waals surface area (Å²) < 4.78 is 10.7. The highest BCUT2D eigenvalue weighted by Gasteiger charge is 2.39. The molecule has 2 aliphatic rings. The molecule has 9 nitrogen and oxygen atoms in total. The van der Waals surface area contributed by atoms with Crippen LogP contribution in [0.25, 0.3) is 0 Å². The molecule has 2 fully saturated rings. The SMILES string of the molecule is COc1cccc(CN(Cc2ccccc2)C2CCN(C(=O)c3cc(C)on3)[C@@H](C(=O)NCC3CCCC(CN)C3)C2)c1. The van der Waals surface area contributed by atoms with Crippen molar-refractivity contribution in [2.75, 3.05) is 26.7 Å². The first-order valence-electron chi connectivity index (χ1n) is 15.6. The number of aryl methyl sites for hydroxylation is 1. The predicted molar refractivity (Wildman–Crippen MR) is 165 cm³/mol. The minimum atomic E-state index is -0.610. The van der Waals surface area contributed by atoms with E-state index in [1.54, 1.807) is 25.0 Å². The maximum absolute atomic E-state index is 13.9. The molecule has 9 heteroatoms. The van der Waals surface area contributed by atoms with E-state index >= 15 is 0 Å². The molecule has 1 aliphatic carbocycles. The number of carbonyl (C=O) groups excluding carboxylic acids is 2. The van der Waals surface area contributed by atoms with Crippen LogP contribution in [0.1, 0.15) is 65.9 Å². The van der Waals surface area contributed by atoms with E-state index in [0.29, 0.717) is 50.2 Å². The summed E-state index contributed by atoms with van der Waals surface area (Å²) >= 11 is 0. The van der Waals surface area contributed by atoms with E-state index in [9.17, 15) is 9.59 Å². The summed E-state index contributed by atoms with van der Waals surface area (Å²) in [5, 5.41) is 7.20. The molecule has 3 unspecified atom stereocenters. The summed E-state index contributed by atoms with van der Waals surface area (Å²) in [6.45, 7) is 4.95.